The van der Waals surface area contributed by atoms with Gasteiger partial charge in [-0.15, -0.1) is 0 Å². The minimum atomic E-state index is -1.74. The average Bonchev–Trinajstić information content (AvgIpc) is 2.52. The van der Waals surface area contributed by atoms with Crippen LogP contribution in [-0.4, -0.2) is 50.5 Å². The van der Waals surface area contributed by atoms with Gasteiger partial charge in [0.2, 0.25) is 5.54 Å². The van der Waals surface area contributed by atoms with Crippen molar-refractivity contribution in [2.24, 2.45) is 0 Å². The van der Waals surface area contributed by atoms with Crippen LogP contribution in [0.15, 0.2) is 0 Å². The number of carboxylic acids is 1. The van der Waals surface area contributed by atoms with Crippen molar-refractivity contribution in [3.8, 4) is 0 Å². The standard InChI is InChI=1S/C12H21NO5/c1-5-12(9(15)16)8(14)6-7-13(12,10(17)18)11(2,3)4/h8,14H,5-7H2,1-4H3,(H-,15,16,17,18)/t8-,12+,13?/m0/s1. The molecule has 104 valence electrons. The molecule has 6 nitrogen and oxygen atoms in total. The average molecular weight is 259 g/mol. The highest BCUT2D eigenvalue weighted by atomic mass is 16.4. The maximum absolute atomic E-state index is 11.7. The highest BCUT2D eigenvalue weighted by Gasteiger charge is 2.70. The van der Waals surface area contributed by atoms with Gasteiger partial charge >= 0.3 is 5.97 Å². The number of aliphatic hydroxyl groups is 1. The molecular weight excluding hydrogens is 238 g/mol. The zero-order valence-corrected chi connectivity index (χ0v) is 11.3. The molecule has 1 fully saturated rings. The Balaban J connectivity index is 3.61. The van der Waals surface area contributed by atoms with E-state index in [0.717, 1.165) is 0 Å². The second-order valence-corrected chi connectivity index (χ2v) is 5.86. The molecule has 0 saturated carbocycles. The number of likely N-dealkylation sites (tertiary alicyclic amines) is 1. The van der Waals surface area contributed by atoms with Crippen molar-refractivity contribution in [3.63, 3.8) is 0 Å². The monoisotopic (exact) mass is 259 g/mol. The minimum Gasteiger partial charge on any atom is -0.498 e. The molecule has 2 N–H and O–H groups in total. The van der Waals surface area contributed by atoms with Crippen molar-refractivity contribution in [1.29, 1.82) is 0 Å². The van der Waals surface area contributed by atoms with Crippen molar-refractivity contribution >= 4 is 12.1 Å². The SMILES string of the molecule is CC[C@]1(C(=O)O)[C@@H](O)CC[N+]1(C(=O)[O-])C(C)(C)C. The lowest BCUT2D eigenvalue weighted by Crippen LogP contribution is -2.79. The van der Waals surface area contributed by atoms with Gasteiger partial charge in [-0.1, -0.05) is 6.92 Å². The smallest absolute Gasteiger partial charge is 0.369 e. The van der Waals surface area contributed by atoms with Gasteiger partial charge in [0.25, 0.3) is 6.09 Å². The van der Waals surface area contributed by atoms with Crippen LogP contribution < -0.4 is 5.11 Å². The van der Waals surface area contributed by atoms with E-state index in [4.69, 9.17) is 0 Å². The highest BCUT2D eigenvalue weighted by molar-refractivity contribution is 5.81. The molecule has 0 bridgehead atoms. The molecule has 18 heavy (non-hydrogen) atoms. The van der Waals surface area contributed by atoms with Crippen LogP contribution in [0.3, 0.4) is 0 Å². The Morgan fingerprint density at radius 2 is 1.94 bits per heavy atom. The molecule has 1 amide bonds. The quantitative estimate of drug-likeness (QED) is 0.677. The predicted octanol–water partition coefficient (Wildman–Crippen LogP) is -0.0570. The highest BCUT2D eigenvalue weighted by Crippen LogP contribution is 2.46. The maximum atomic E-state index is 11.7. The van der Waals surface area contributed by atoms with E-state index in [1.54, 1.807) is 27.7 Å². The molecule has 0 aliphatic carbocycles. The van der Waals surface area contributed by atoms with Gasteiger partial charge < -0.3 is 20.1 Å². The molecule has 0 aromatic rings. The fourth-order valence-corrected chi connectivity index (χ4v) is 3.43. The summed E-state index contributed by atoms with van der Waals surface area (Å²) in [5.74, 6) is -1.28. The van der Waals surface area contributed by atoms with Gasteiger partial charge in [-0.05, 0) is 20.8 Å². The molecule has 0 spiro atoms. The third kappa shape index (κ3) is 1.48. The number of hydrogen-bond donors (Lipinski definition) is 2. The molecule has 1 aliphatic rings. The first-order valence-electron chi connectivity index (χ1n) is 6.09. The summed E-state index contributed by atoms with van der Waals surface area (Å²) in [6.07, 6.45) is -2.44. The summed E-state index contributed by atoms with van der Waals surface area (Å²) in [7, 11) is 0. The molecule has 1 aliphatic heterocycles. The normalized spacial score (nSPS) is 36.6. The number of nitrogens with zero attached hydrogens (tertiary/aromatic N) is 1. The van der Waals surface area contributed by atoms with E-state index in [1.165, 1.54) is 0 Å². The molecule has 6 heteroatoms. The summed E-state index contributed by atoms with van der Waals surface area (Å²) in [6, 6.07) is 0. The Labute approximate surface area is 106 Å². The van der Waals surface area contributed by atoms with Crippen molar-refractivity contribution in [2.75, 3.05) is 6.54 Å². The zero-order chi connectivity index (χ0) is 14.4. The van der Waals surface area contributed by atoms with Gasteiger partial charge in [-0.2, -0.15) is 0 Å². The van der Waals surface area contributed by atoms with E-state index in [-0.39, 0.29) is 19.4 Å². The van der Waals surface area contributed by atoms with E-state index in [1.807, 2.05) is 0 Å². The lowest BCUT2D eigenvalue weighted by Gasteiger charge is -2.53. The van der Waals surface area contributed by atoms with Gasteiger partial charge in [0.1, 0.15) is 6.10 Å². The lowest BCUT2D eigenvalue weighted by atomic mass is 9.84. The summed E-state index contributed by atoms with van der Waals surface area (Å²) in [6.45, 7) is 6.63. The maximum Gasteiger partial charge on any atom is 0.369 e. The summed E-state index contributed by atoms with van der Waals surface area (Å²) in [4.78, 5) is 23.3. The molecular formula is C12H21NO5. The molecule has 3 atom stereocenters. The van der Waals surface area contributed by atoms with E-state index in [0.29, 0.717) is 0 Å². The number of amides is 1. The molecule has 1 rings (SSSR count). The van der Waals surface area contributed by atoms with Gasteiger partial charge in [-0.3, -0.25) is 4.48 Å². The number of quaternary nitrogens is 1. The zero-order valence-electron chi connectivity index (χ0n) is 11.3. The van der Waals surface area contributed by atoms with Crippen LogP contribution in [0.2, 0.25) is 0 Å². The Bertz CT molecular complexity index is 375. The fraction of sp³-hybridized carbons (Fsp3) is 0.833. The van der Waals surface area contributed by atoms with Crippen LogP contribution in [0.4, 0.5) is 4.79 Å². The number of rotatable bonds is 2. The first-order chi connectivity index (χ1) is 8.08. The van der Waals surface area contributed by atoms with E-state index < -0.39 is 33.7 Å². The van der Waals surface area contributed by atoms with Crippen molar-refractivity contribution in [3.05, 3.63) is 0 Å². The van der Waals surface area contributed by atoms with Gasteiger partial charge in [-0.25, -0.2) is 4.79 Å². The van der Waals surface area contributed by atoms with E-state index >= 15 is 0 Å². The molecule has 1 heterocycles. The Kier molecular flexibility index (Phi) is 3.49. The first-order valence-corrected chi connectivity index (χ1v) is 6.09. The van der Waals surface area contributed by atoms with Crippen molar-refractivity contribution < 1.29 is 29.4 Å². The number of carbonyl (C=O) groups is 2. The van der Waals surface area contributed by atoms with Crippen molar-refractivity contribution in [1.82, 2.24) is 0 Å². The Morgan fingerprint density at radius 3 is 2.17 bits per heavy atom. The van der Waals surface area contributed by atoms with E-state index in [9.17, 15) is 24.9 Å². The van der Waals surface area contributed by atoms with Crippen LogP contribution in [0, 0.1) is 0 Å². The topological polar surface area (TPSA) is 97.7 Å². The second-order valence-electron chi connectivity index (χ2n) is 5.86. The molecule has 0 aromatic carbocycles. The Morgan fingerprint density at radius 1 is 1.44 bits per heavy atom. The molecule has 1 unspecified atom stereocenters. The minimum absolute atomic E-state index is 0.0365. The second kappa shape index (κ2) is 4.20. The van der Waals surface area contributed by atoms with Crippen LogP contribution in [-0.2, 0) is 4.79 Å². The first kappa shape index (κ1) is 14.9. The molecule has 1 saturated heterocycles. The van der Waals surface area contributed by atoms with Crippen LogP contribution in [0.1, 0.15) is 40.5 Å². The van der Waals surface area contributed by atoms with Gasteiger partial charge in [0.05, 0.1) is 12.1 Å². The summed E-state index contributed by atoms with van der Waals surface area (Å²) < 4.78 is -0.743. The third-order valence-corrected chi connectivity index (χ3v) is 4.34. The molecule has 0 aromatic heterocycles. The van der Waals surface area contributed by atoms with E-state index in [2.05, 4.69) is 0 Å². The van der Waals surface area contributed by atoms with Gasteiger partial charge in [0.15, 0.2) is 0 Å². The van der Waals surface area contributed by atoms with Crippen LogP contribution >= 0.6 is 0 Å². The van der Waals surface area contributed by atoms with Crippen molar-refractivity contribution in [2.45, 2.75) is 57.7 Å². The molecule has 0 radical (unpaired) electrons. The Hall–Kier alpha value is -1.14. The fourth-order valence-electron chi connectivity index (χ4n) is 3.43. The van der Waals surface area contributed by atoms with Crippen LogP contribution in [0.5, 0.6) is 0 Å². The summed E-state index contributed by atoms with van der Waals surface area (Å²) >= 11 is 0. The number of aliphatic carboxylic acids is 1. The third-order valence-electron chi connectivity index (χ3n) is 4.34. The number of hydrogen-bond acceptors (Lipinski definition) is 4. The summed E-state index contributed by atoms with van der Waals surface area (Å²) in [5.41, 5.74) is -2.61. The summed E-state index contributed by atoms with van der Waals surface area (Å²) in [5, 5.41) is 31.3. The number of aliphatic hydroxyl groups excluding tert-OH is 1. The largest absolute Gasteiger partial charge is 0.498 e. The van der Waals surface area contributed by atoms with Gasteiger partial charge in [0, 0.05) is 12.8 Å². The van der Waals surface area contributed by atoms with Crippen LogP contribution in [0.25, 0.3) is 0 Å². The lowest BCUT2D eigenvalue weighted by molar-refractivity contribution is -0.947. The number of carbonyl (C=O) groups excluding carboxylic acids is 1. The predicted molar refractivity (Wildman–Crippen MR) is 61.6 cm³/mol. The number of carboxylic acid groups (broad SMARTS) is 2.